The van der Waals surface area contributed by atoms with Crippen LogP contribution in [0.25, 0.3) is 0 Å². The molecule has 0 aromatic rings. The molecule has 0 amide bonds. The Morgan fingerprint density at radius 2 is 1.68 bits per heavy atom. The average molecular weight is 533 g/mol. The molecule has 0 radical (unpaired) electrons. The topological polar surface area (TPSA) is 93.1 Å². The smallest absolute Gasteiger partial charge is 0.338 e. The van der Waals surface area contributed by atoms with Gasteiger partial charge in [0.05, 0.1) is 7.11 Å². The van der Waals surface area contributed by atoms with Gasteiger partial charge in [0.15, 0.2) is 12.2 Å². The van der Waals surface area contributed by atoms with Crippen LogP contribution in [-0.4, -0.2) is 47.6 Å². The first-order chi connectivity index (χ1) is 17.9. The minimum absolute atomic E-state index is 0.137. The van der Waals surface area contributed by atoms with Crippen molar-refractivity contribution in [2.45, 2.75) is 124 Å². The summed E-state index contributed by atoms with van der Waals surface area (Å²) in [5.41, 5.74) is 1.99. The van der Waals surface area contributed by atoms with Crippen LogP contribution in [0.3, 0.4) is 0 Å². The minimum atomic E-state index is -1.93. The molecule has 0 spiro atoms. The molecule has 0 heterocycles. The lowest BCUT2D eigenvalue weighted by molar-refractivity contribution is -0.176. The van der Waals surface area contributed by atoms with Gasteiger partial charge in [-0.05, 0) is 91.3 Å². The minimum Gasteiger partial charge on any atom is -0.467 e. The highest BCUT2D eigenvalue weighted by Crippen LogP contribution is 2.67. The number of hydrogen-bond donors (Lipinski definition) is 2. The van der Waals surface area contributed by atoms with Gasteiger partial charge in [-0.25, -0.2) is 9.59 Å². The fourth-order valence-electron chi connectivity index (χ4n) is 9.37. The molecule has 10 atom stereocenters. The van der Waals surface area contributed by atoms with Crippen LogP contribution < -0.4 is 0 Å². The van der Waals surface area contributed by atoms with E-state index >= 15 is 0 Å². The Balaban J connectivity index is 1.40. The molecule has 4 aliphatic carbocycles. The summed E-state index contributed by atoms with van der Waals surface area (Å²) < 4.78 is 10.00. The second-order valence-electron chi connectivity index (χ2n) is 14.0. The van der Waals surface area contributed by atoms with E-state index in [2.05, 4.69) is 45.4 Å². The van der Waals surface area contributed by atoms with Crippen molar-refractivity contribution >= 4 is 11.9 Å². The van der Waals surface area contributed by atoms with Gasteiger partial charge in [-0.1, -0.05) is 65.5 Å². The van der Waals surface area contributed by atoms with E-state index in [9.17, 15) is 19.8 Å². The van der Waals surface area contributed by atoms with Crippen LogP contribution >= 0.6 is 0 Å². The predicted molar refractivity (Wildman–Crippen MR) is 147 cm³/mol. The van der Waals surface area contributed by atoms with Gasteiger partial charge in [-0.3, -0.25) is 0 Å². The van der Waals surface area contributed by atoms with Gasteiger partial charge in [0.25, 0.3) is 0 Å². The molecule has 6 nitrogen and oxygen atoms in total. The summed E-state index contributed by atoms with van der Waals surface area (Å²) >= 11 is 0. The van der Waals surface area contributed by atoms with E-state index in [0.29, 0.717) is 17.8 Å². The SMILES string of the molecule is COC(=O)C(O)C(O)C(=O)OC1CC[C@]2(C)C(=CC[C@@H]3[C@H]4CC[C@@H]([C@@H](C)CCCC(C)C)[C@]4(C)CC[C@H]32)C1. The zero-order chi connectivity index (χ0) is 27.8. The van der Waals surface area contributed by atoms with E-state index in [4.69, 9.17) is 4.74 Å². The highest BCUT2D eigenvalue weighted by atomic mass is 16.6. The van der Waals surface area contributed by atoms with Crippen molar-refractivity contribution in [2.24, 2.45) is 46.3 Å². The van der Waals surface area contributed by atoms with E-state index in [1.165, 1.54) is 50.5 Å². The van der Waals surface area contributed by atoms with E-state index < -0.39 is 24.1 Å². The highest BCUT2D eigenvalue weighted by Gasteiger charge is 2.59. The molecule has 216 valence electrons. The molecule has 3 unspecified atom stereocenters. The van der Waals surface area contributed by atoms with Gasteiger partial charge in [-0.2, -0.15) is 0 Å². The third-order valence-corrected chi connectivity index (χ3v) is 11.5. The van der Waals surface area contributed by atoms with Crippen LogP contribution in [-0.2, 0) is 19.1 Å². The van der Waals surface area contributed by atoms with Gasteiger partial charge in [0.2, 0.25) is 0 Å². The van der Waals surface area contributed by atoms with Crippen molar-refractivity contribution in [1.82, 2.24) is 0 Å². The maximum absolute atomic E-state index is 12.4. The summed E-state index contributed by atoms with van der Waals surface area (Å²) in [5.74, 6) is 2.67. The molecule has 0 bridgehead atoms. The van der Waals surface area contributed by atoms with E-state index in [1.807, 2.05) is 0 Å². The van der Waals surface area contributed by atoms with E-state index in [-0.39, 0.29) is 11.5 Å². The quantitative estimate of drug-likeness (QED) is 0.286. The molecular weight excluding hydrogens is 480 g/mol. The Hall–Kier alpha value is -1.40. The van der Waals surface area contributed by atoms with E-state index in [0.717, 1.165) is 56.0 Å². The first kappa shape index (κ1) is 29.6. The Morgan fingerprint density at radius 3 is 2.37 bits per heavy atom. The standard InChI is InChI=1S/C32H52O6/c1-19(2)8-7-9-20(3)24-12-13-25-23-11-10-21-18-22(38-30(36)28(34)27(33)29(35)37-6)14-16-31(21,4)26(23)15-17-32(24,25)5/h10,19-20,22-28,33-34H,7-9,11-18H2,1-6H3/t20-,22?,23+,24-,25+,26+,27?,28?,31+,32-/m0/s1. The third-order valence-electron chi connectivity index (χ3n) is 11.5. The lowest BCUT2D eigenvalue weighted by Gasteiger charge is -2.58. The third kappa shape index (κ3) is 5.46. The van der Waals surface area contributed by atoms with Crippen molar-refractivity contribution in [1.29, 1.82) is 0 Å². The number of esters is 2. The van der Waals surface area contributed by atoms with Crippen LogP contribution in [0.1, 0.15) is 105 Å². The Labute approximate surface area is 229 Å². The van der Waals surface area contributed by atoms with E-state index in [1.54, 1.807) is 0 Å². The number of rotatable bonds is 9. The van der Waals surface area contributed by atoms with Crippen LogP contribution in [0.5, 0.6) is 0 Å². The molecule has 6 heteroatoms. The predicted octanol–water partition coefficient (Wildman–Crippen LogP) is 5.83. The fraction of sp³-hybridized carbons (Fsp3) is 0.875. The monoisotopic (exact) mass is 532 g/mol. The molecule has 4 rings (SSSR count). The number of allylic oxidation sites excluding steroid dienone is 1. The maximum Gasteiger partial charge on any atom is 0.338 e. The van der Waals surface area contributed by atoms with Gasteiger partial charge in [0, 0.05) is 6.42 Å². The largest absolute Gasteiger partial charge is 0.467 e. The maximum atomic E-state index is 12.4. The summed E-state index contributed by atoms with van der Waals surface area (Å²) in [6, 6.07) is 0. The summed E-state index contributed by atoms with van der Waals surface area (Å²) in [6.07, 6.45) is 11.2. The second-order valence-corrected chi connectivity index (χ2v) is 14.0. The van der Waals surface area contributed by atoms with Crippen LogP contribution in [0, 0.1) is 46.3 Å². The number of ether oxygens (including phenoxy) is 2. The number of carbonyl (C=O) groups excluding carboxylic acids is 2. The highest BCUT2D eigenvalue weighted by molar-refractivity contribution is 5.85. The molecule has 2 N–H and O–H groups in total. The number of fused-ring (bicyclic) bond motifs is 5. The summed E-state index contributed by atoms with van der Waals surface area (Å²) in [5, 5.41) is 19.9. The van der Waals surface area contributed by atoms with Gasteiger partial charge in [0.1, 0.15) is 6.10 Å². The summed E-state index contributed by atoms with van der Waals surface area (Å²) in [6.45, 7) is 12.2. The molecule has 38 heavy (non-hydrogen) atoms. The van der Waals surface area contributed by atoms with Crippen molar-refractivity contribution in [3.8, 4) is 0 Å². The van der Waals surface area contributed by atoms with Gasteiger partial charge < -0.3 is 19.7 Å². The fourth-order valence-corrected chi connectivity index (χ4v) is 9.37. The lowest BCUT2D eigenvalue weighted by Crippen LogP contribution is -2.51. The van der Waals surface area contributed by atoms with Crippen molar-refractivity contribution in [3.05, 3.63) is 11.6 Å². The zero-order valence-corrected chi connectivity index (χ0v) is 24.6. The van der Waals surface area contributed by atoms with Crippen LogP contribution in [0.4, 0.5) is 0 Å². The number of carbonyl (C=O) groups is 2. The second kappa shape index (κ2) is 11.6. The number of aliphatic hydroxyl groups is 2. The molecular formula is C32H52O6. The van der Waals surface area contributed by atoms with Crippen molar-refractivity contribution in [2.75, 3.05) is 7.11 Å². The van der Waals surface area contributed by atoms with Gasteiger partial charge in [-0.15, -0.1) is 0 Å². The molecule has 0 aliphatic heterocycles. The average Bonchev–Trinajstić information content (AvgIpc) is 3.24. The number of methoxy groups -OCH3 is 1. The molecule has 3 fully saturated rings. The van der Waals surface area contributed by atoms with Crippen LogP contribution in [0.2, 0.25) is 0 Å². The molecule has 3 saturated carbocycles. The van der Waals surface area contributed by atoms with Crippen molar-refractivity contribution < 1.29 is 29.3 Å². The number of aliphatic hydroxyl groups excluding tert-OH is 2. The van der Waals surface area contributed by atoms with Gasteiger partial charge >= 0.3 is 11.9 Å². The molecule has 0 aromatic carbocycles. The molecule has 4 aliphatic rings. The Morgan fingerprint density at radius 1 is 0.974 bits per heavy atom. The first-order valence-electron chi connectivity index (χ1n) is 15.3. The zero-order valence-electron chi connectivity index (χ0n) is 24.6. The lowest BCUT2D eigenvalue weighted by atomic mass is 9.47. The summed E-state index contributed by atoms with van der Waals surface area (Å²) in [4.78, 5) is 23.9. The summed E-state index contributed by atoms with van der Waals surface area (Å²) in [7, 11) is 1.10. The number of hydrogen-bond acceptors (Lipinski definition) is 6. The Kier molecular flexibility index (Phi) is 9.03. The normalized spacial score (nSPS) is 38.8. The first-order valence-corrected chi connectivity index (χ1v) is 15.3. The molecule has 0 aromatic heterocycles. The Bertz CT molecular complexity index is 896. The van der Waals surface area contributed by atoms with Crippen molar-refractivity contribution in [3.63, 3.8) is 0 Å². The molecule has 0 saturated heterocycles. The van der Waals surface area contributed by atoms with Crippen LogP contribution in [0.15, 0.2) is 11.6 Å².